The van der Waals surface area contributed by atoms with Gasteiger partial charge in [0.1, 0.15) is 5.54 Å². The van der Waals surface area contributed by atoms with Crippen molar-refractivity contribution in [3.05, 3.63) is 58.1 Å². The summed E-state index contributed by atoms with van der Waals surface area (Å²) < 4.78 is 0.990. The molecule has 33 heavy (non-hydrogen) atoms. The minimum absolute atomic E-state index is 0.102. The quantitative estimate of drug-likeness (QED) is 0.466. The summed E-state index contributed by atoms with van der Waals surface area (Å²) in [5.74, 6) is -0.167. The van der Waals surface area contributed by atoms with Crippen molar-refractivity contribution in [2.75, 3.05) is 29.9 Å². The molecule has 6 nitrogen and oxygen atoms in total. The Labute approximate surface area is 205 Å². The third kappa shape index (κ3) is 5.52. The van der Waals surface area contributed by atoms with E-state index in [1.165, 1.54) is 4.90 Å². The second-order valence-corrected chi connectivity index (χ2v) is 10.00. The molecular formula is C26H34BrN3O3. The van der Waals surface area contributed by atoms with Gasteiger partial charge < -0.3 is 15.3 Å². The number of carboxylic acid groups (broad SMARTS) is 1. The third-order valence-electron chi connectivity index (χ3n) is 6.43. The van der Waals surface area contributed by atoms with Crippen LogP contribution in [-0.4, -0.2) is 47.2 Å². The molecule has 2 N–H and O–H groups in total. The van der Waals surface area contributed by atoms with E-state index in [9.17, 15) is 14.7 Å². The average molecular weight is 516 g/mol. The molecule has 0 aliphatic heterocycles. The van der Waals surface area contributed by atoms with Crippen LogP contribution in [0.4, 0.5) is 16.2 Å². The lowest BCUT2D eigenvalue weighted by Gasteiger charge is -2.44. The summed E-state index contributed by atoms with van der Waals surface area (Å²) in [6, 6.07) is 13.8. The van der Waals surface area contributed by atoms with Gasteiger partial charge in [-0.3, -0.25) is 9.69 Å². The van der Waals surface area contributed by atoms with E-state index in [1.54, 1.807) is 0 Å². The molecule has 1 aliphatic rings. The van der Waals surface area contributed by atoms with E-state index in [2.05, 4.69) is 46.1 Å². The van der Waals surface area contributed by atoms with E-state index in [0.717, 1.165) is 34.4 Å². The lowest BCUT2D eigenvalue weighted by atomic mass is 9.75. The second kappa shape index (κ2) is 10.6. The summed E-state index contributed by atoms with van der Waals surface area (Å²) in [4.78, 5) is 29.8. The number of amides is 2. The van der Waals surface area contributed by atoms with Gasteiger partial charge >= 0.3 is 6.09 Å². The Morgan fingerprint density at radius 2 is 1.76 bits per heavy atom. The molecule has 0 radical (unpaired) electrons. The maximum atomic E-state index is 13.8. The van der Waals surface area contributed by atoms with Crippen molar-refractivity contribution in [1.82, 2.24) is 4.90 Å². The second-order valence-electron chi connectivity index (χ2n) is 9.08. The Balaban J connectivity index is 1.95. The summed E-state index contributed by atoms with van der Waals surface area (Å²) in [5, 5.41) is 13.2. The Hall–Kier alpha value is -2.54. The maximum Gasteiger partial charge on any atom is 0.408 e. The van der Waals surface area contributed by atoms with Crippen molar-refractivity contribution in [3.63, 3.8) is 0 Å². The molecule has 0 saturated carbocycles. The van der Waals surface area contributed by atoms with Crippen LogP contribution in [-0.2, 0) is 17.6 Å². The van der Waals surface area contributed by atoms with Crippen LogP contribution in [0.3, 0.4) is 0 Å². The molecule has 0 heterocycles. The molecule has 1 aliphatic carbocycles. The number of nitrogens with one attached hydrogen (secondary N) is 1. The number of rotatable bonds is 8. The van der Waals surface area contributed by atoms with Crippen molar-refractivity contribution in [2.24, 2.45) is 5.92 Å². The van der Waals surface area contributed by atoms with Crippen molar-refractivity contribution < 1.29 is 14.7 Å². The lowest BCUT2D eigenvalue weighted by molar-refractivity contribution is -0.128. The van der Waals surface area contributed by atoms with Gasteiger partial charge in [-0.1, -0.05) is 35.8 Å². The lowest BCUT2D eigenvalue weighted by Crippen LogP contribution is -2.62. The van der Waals surface area contributed by atoms with Gasteiger partial charge in [-0.15, -0.1) is 0 Å². The Kier molecular flexibility index (Phi) is 8.05. The normalized spacial score (nSPS) is 17.4. The van der Waals surface area contributed by atoms with E-state index in [1.807, 2.05) is 50.2 Å². The first-order chi connectivity index (χ1) is 15.7. The number of hydrogen-bond acceptors (Lipinski definition) is 3. The van der Waals surface area contributed by atoms with Crippen LogP contribution in [0, 0.1) is 5.92 Å². The first-order valence-electron chi connectivity index (χ1n) is 11.6. The highest BCUT2D eigenvalue weighted by Gasteiger charge is 2.48. The molecule has 0 saturated heterocycles. The van der Waals surface area contributed by atoms with Crippen LogP contribution in [0.15, 0.2) is 46.9 Å². The zero-order chi connectivity index (χ0) is 24.2. The van der Waals surface area contributed by atoms with Gasteiger partial charge in [-0.05, 0) is 80.1 Å². The predicted molar refractivity (Wildman–Crippen MR) is 137 cm³/mol. The molecule has 7 heteroatoms. The van der Waals surface area contributed by atoms with Gasteiger partial charge in [-0.25, -0.2) is 4.79 Å². The molecule has 0 bridgehead atoms. The van der Waals surface area contributed by atoms with Gasteiger partial charge in [0.15, 0.2) is 0 Å². The number of carbonyl (C=O) groups excluding carboxylic acids is 1. The zero-order valence-corrected chi connectivity index (χ0v) is 21.5. The summed E-state index contributed by atoms with van der Waals surface area (Å²) >= 11 is 3.52. The van der Waals surface area contributed by atoms with Gasteiger partial charge in [0.25, 0.3) is 5.91 Å². The minimum Gasteiger partial charge on any atom is -0.465 e. The maximum absolute atomic E-state index is 13.8. The Morgan fingerprint density at radius 1 is 1.09 bits per heavy atom. The van der Waals surface area contributed by atoms with E-state index < -0.39 is 11.6 Å². The summed E-state index contributed by atoms with van der Waals surface area (Å²) in [5.41, 5.74) is 2.79. The monoisotopic (exact) mass is 515 g/mol. The third-order valence-corrected chi connectivity index (χ3v) is 6.92. The van der Waals surface area contributed by atoms with E-state index in [-0.39, 0.29) is 11.8 Å². The molecule has 0 spiro atoms. The summed E-state index contributed by atoms with van der Waals surface area (Å²) in [6.07, 6.45) is 0.387. The molecule has 0 aromatic heterocycles. The molecule has 3 rings (SSSR count). The van der Waals surface area contributed by atoms with Crippen molar-refractivity contribution in [3.8, 4) is 0 Å². The number of carbonyl (C=O) groups is 2. The first-order valence-corrected chi connectivity index (χ1v) is 12.4. The molecule has 0 fully saturated rings. The largest absolute Gasteiger partial charge is 0.465 e. The fourth-order valence-corrected chi connectivity index (χ4v) is 5.09. The molecule has 2 aromatic carbocycles. The van der Waals surface area contributed by atoms with Crippen LogP contribution in [0.25, 0.3) is 0 Å². The smallest absolute Gasteiger partial charge is 0.408 e. The highest BCUT2D eigenvalue weighted by molar-refractivity contribution is 9.10. The minimum atomic E-state index is -1.16. The molecular weight excluding hydrogens is 482 g/mol. The predicted octanol–water partition coefficient (Wildman–Crippen LogP) is 5.80. The van der Waals surface area contributed by atoms with Crippen LogP contribution in [0.5, 0.6) is 0 Å². The first kappa shape index (κ1) is 25.1. The Bertz CT molecular complexity index is 989. The molecule has 1 unspecified atom stereocenters. The summed E-state index contributed by atoms with van der Waals surface area (Å²) in [7, 11) is 0. The number of halogens is 1. The highest BCUT2D eigenvalue weighted by Crippen LogP contribution is 2.36. The van der Waals surface area contributed by atoms with Gasteiger partial charge in [0, 0.05) is 41.9 Å². The van der Waals surface area contributed by atoms with Crippen LogP contribution in [0.2, 0.25) is 0 Å². The number of fused-ring (bicyclic) bond motifs is 1. The fourth-order valence-electron chi connectivity index (χ4n) is 4.68. The zero-order valence-electron chi connectivity index (χ0n) is 19.9. The van der Waals surface area contributed by atoms with Gasteiger partial charge in [0.2, 0.25) is 0 Å². The van der Waals surface area contributed by atoms with Crippen LogP contribution >= 0.6 is 15.9 Å². The molecule has 2 amide bonds. The average Bonchev–Trinajstić information content (AvgIpc) is 2.78. The highest BCUT2D eigenvalue weighted by atomic mass is 79.9. The number of hydrogen-bond donors (Lipinski definition) is 2. The van der Waals surface area contributed by atoms with E-state index in [0.29, 0.717) is 31.5 Å². The number of benzene rings is 2. The van der Waals surface area contributed by atoms with E-state index >= 15 is 0 Å². The number of nitrogens with zero attached hydrogens (tertiary/aromatic N) is 2. The van der Waals surface area contributed by atoms with Crippen molar-refractivity contribution in [2.45, 2.75) is 52.5 Å². The van der Waals surface area contributed by atoms with Crippen LogP contribution < -0.4 is 10.2 Å². The van der Waals surface area contributed by atoms with Crippen molar-refractivity contribution >= 4 is 39.3 Å². The van der Waals surface area contributed by atoms with Gasteiger partial charge in [0.05, 0.1) is 0 Å². The standard InChI is InChI=1S/C26H34BrN3O3/c1-5-29(6-2)23-11-9-22(10-12-23)28-24(31)26(30(25(32)33)17-18(3)4)14-13-19-15-21(27)8-7-20(19)16-26/h7-12,15,18H,5-6,13-14,16-17H2,1-4H3,(H,28,31)(H,32,33). The number of anilines is 2. The SMILES string of the molecule is CCN(CC)c1ccc(NC(=O)C2(N(CC(C)C)C(=O)O)CCc3cc(Br)ccc3C2)cc1. The number of aryl methyl sites for hydroxylation is 1. The van der Waals surface area contributed by atoms with Crippen LogP contribution in [0.1, 0.15) is 45.2 Å². The van der Waals surface area contributed by atoms with Crippen molar-refractivity contribution in [1.29, 1.82) is 0 Å². The fraction of sp³-hybridized carbons (Fsp3) is 0.462. The molecule has 178 valence electrons. The summed E-state index contributed by atoms with van der Waals surface area (Å²) in [6.45, 7) is 10.3. The Morgan fingerprint density at radius 3 is 2.33 bits per heavy atom. The van der Waals surface area contributed by atoms with E-state index in [4.69, 9.17) is 0 Å². The molecule has 1 atom stereocenters. The molecule has 2 aromatic rings. The topological polar surface area (TPSA) is 72.9 Å². The van der Waals surface area contributed by atoms with Gasteiger partial charge in [-0.2, -0.15) is 0 Å².